The summed E-state index contributed by atoms with van der Waals surface area (Å²) in [6.45, 7) is 2.70. The molecule has 1 aliphatic rings. The van der Waals surface area contributed by atoms with E-state index in [2.05, 4.69) is 27.4 Å². The number of ether oxygens (including phenoxy) is 1. The van der Waals surface area contributed by atoms with Gasteiger partial charge >= 0.3 is 0 Å². The maximum Gasteiger partial charge on any atom is 0.272 e. The van der Waals surface area contributed by atoms with Crippen LogP contribution in [0.1, 0.15) is 29.4 Å². The molecule has 1 N–H and O–H groups in total. The normalized spacial score (nSPS) is 18.3. The second-order valence-corrected chi connectivity index (χ2v) is 6.99. The van der Waals surface area contributed by atoms with Crippen molar-refractivity contribution in [3.8, 4) is 5.75 Å². The van der Waals surface area contributed by atoms with Crippen molar-refractivity contribution < 1.29 is 9.26 Å². The zero-order valence-electron chi connectivity index (χ0n) is 15.4. The fourth-order valence-corrected chi connectivity index (χ4v) is 3.25. The van der Waals surface area contributed by atoms with Crippen molar-refractivity contribution in [2.45, 2.75) is 12.1 Å². The average Bonchev–Trinajstić information content (AvgIpc) is 3.18. The molecule has 2 heterocycles. The van der Waals surface area contributed by atoms with Crippen LogP contribution in [0.15, 0.2) is 59.1 Å². The van der Waals surface area contributed by atoms with E-state index in [0.29, 0.717) is 22.5 Å². The van der Waals surface area contributed by atoms with Crippen molar-refractivity contribution in [2.24, 2.45) is 0 Å². The summed E-state index contributed by atoms with van der Waals surface area (Å²) in [5, 5.41) is 8.25. The first kappa shape index (κ1) is 20.6. The number of nitrogens with zero attached hydrogens (tertiary/aromatic N) is 3. The predicted octanol–water partition coefficient (Wildman–Crippen LogP) is 3.89. The highest BCUT2D eigenvalue weighted by Crippen LogP contribution is 2.29. The number of piperazine rings is 1. The zero-order valence-corrected chi connectivity index (χ0v) is 17.0. The number of nitrogens with one attached hydrogen (secondary N) is 1. The van der Waals surface area contributed by atoms with Crippen LogP contribution in [-0.4, -0.2) is 41.7 Å². The van der Waals surface area contributed by atoms with Gasteiger partial charge in [-0.05, 0) is 31.3 Å². The van der Waals surface area contributed by atoms with E-state index in [4.69, 9.17) is 20.9 Å². The Balaban J connectivity index is 0.00000225. The van der Waals surface area contributed by atoms with Crippen LogP contribution in [0, 0.1) is 0 Å². The highest BCUT2D eigenvalue weighted by Gasteiger charge is 2.29. The van der Waals surface area contributed by atoms with Crippen LogP contribution in [0.2, 0.25) is 5.02 Å². The SMILES string of the molecule is CN1CCNCC1c1noc(C(Oc2ccc(Cl)cc2)c2ccccc2)n1.Cl. The number of hydrogen-bond acceptors (Lipinski definition) is 6. The molecule has 28 heavy (non-hydrogen) atoms. The summed E-state index contributed by atoms with van der Waals surface area (Å²) < 4.78 is 11.8. The van der Waals surface area contributed by atoms with Crippen LogP contribution >= 0.6 is 24.0 Å². The van der Waals surface area contributed by atoms with Crippen LogP contribution in [-0.2, 0) is 0 Å². The van der Waals surface area contributed by atoms with Crippen LogP contribution < -0.4 is 10.1 Å². The van der Waals surface area contributed by atoms with E-state index in [-0.39, 0.29) is 18.4 Å². The second-order valence-electron chi connectivity index (χ2n) is 6.55. The summed E-state index contributed by atoms with van der Waals surface area (Å²) in [6.07, 6.45) is -0.490. The monoisotopic (exact) mass is 420 g/mol. The Morgan fingerprint density at radius 1 is 1.18 bits per heavy atom. The van der Waals surface area contributed by atoms with Gasteiger partial charge in [0.1, 0.15) is 5.75 Å². The summed E-state index contributed by atoms with van der Waals surface area (Å²) in [5.41, 5.74) is 0.942. The number of aromatic nitrogens is 2. The van der Waals surface area contributed by atoms with Crippen LogP contribution in [0.4, 0.5) is 0 Å². The van der Waals surface area contributed by atoms with Gasteiger partial charge in [0.15, 0.2) is 5.82 Å². The molecule has 1 fully saturated rings. The first-order valence-electron chi connectivity index (χ1n) is 8.92. The smallest absolute Gasteiger partial charge is 0.272 e. The maximum atomic E-state index is 6.18. The lowest BCUT2D eigenvalue weighted by molar-refractivity contribution is 0.185. The molecule has 0 spiro atoms. The molecule has 8 heteroatoms. The quantitative estimate of drug-likeness (QED) is 0.675. The molecule has 4 rings (SSSR count). The van der Waals surface area contributed by atoms with Crippen molar-refractivity contribution in [1.82, 2.24) is 20.4 Å². The van der Waals surface area contributed by atoms with Gasteiger partial charge in [0, 0.05) is 30.2 Å². The van der Waals surface area contributed by atoms with E-state index >= 15 is 0 Å². The van der Waals surface area contributed by atoms with Crippen molar-refractivity contribution >= 4 is 24.0 Å². The van der Waals surface area contributed by atoms with Crippen molar-refractivity contribution in [3.05, 3.63) is 76.9 Å². The summed E-state index contributed by atoms with van der Waals surface area (Å²) >= 11 is 5.98. The van der Waals surface area contributed by atoms with Crippen LogP contribution in [0.25, 0.3) is 0 Å². The van der Waals surface area contributed by atoms with Gasteiger partial charge in [-0.25, -0.2) is 0 Å². The fraction of sp³-hybridized carbons (Fsp3) is 0.300. The second kappa shape index (κ2) is 9.39. The summed E-state index contributed by atoms with van der Waals surface area (Å²) in [6, 6.07) is 17.2. The Labute approximate surface area is 175 Å². The third-order valence-corrected chi connectivity index (χ3v) is 4.91. The Kier molecular flexibility index (Phi) is 6.91. The lowest BCUT2D eigenvalue weighted by atomic mass is 10.1. The average molecular weight is 421 g/mol. The minimum Gasteiger partial charge on any atom is -0.476 e. The third kappa shape index (κ3) is 4.64. The standard InChI is InChI=1S/C20H21ClN4O2.ClH/c1-25-12-11-22-13-17(25)19-23-20(27-24-19)18(14-5-3-2-4-6-14)26-16-9-7-15(21)8-10-16;/h2-10,17-18,22H,11-13H2,1H3;1H. The molecular weight excluding hydrogens is 399 g/mol. The summed E-state index contributed by atoms with van der Waals surface area (Å²) in [5.74, 6) is 1.79. The highest BCUT2D eigenvalue weighted by atomic mass is 35.5. The van der Waals surface area contributed by atoms with E-state index in [9.17, 15) is 0 Å². The molecule has 0 bridgehead atoms. The first-order valence-corrected chi connectivity index (χ1v) is 9.30. The molecule has 0 aliphatic carbocycles. The third-order valence-electron chi connectivity index (χ3n) is 4.66. The summed E-state index contributed by atoms with van der Waals surface area (Å²) in [7, 11) is 2.07. The number of rotatable bonds is 5. The van der Waals surface area contributed by atoms with Gasteiger partial charge in [-0.3, -0.25) is 4.90 Å². The molecule has 0 saturated carbocycles. The van der Waals surface area contributed by atoms with Crippen molar-refractivity contribution in [3.63, 3.8) is 0 Å². The van der Waals surface area contributed by atoms with Crippen molar-refractivity contribution in [1.29, 1.82) is 0 Å². The maximum absolute atomic E-state index is 6.18. The van der Waals surface area contributed by atoms with E-state index in [1.54, 1.807) is 12.1 Å². The van der Waals surface area contributed by atoms with Gasteiger partial charge in [0.25, 0.3) is 5.89 Å². The first-order chi connectivity index (χ1) is 13.2. The van der Waals surface area contributed by atoms with Gasteiger partial charge in [0.05, 0.1) is 6.04 Å². The Bertz CT molecular complexity index is 873. The fourth-order valence-electron chi connectivity index (χ4n) is 3.12. The van der Waals surface area contributed by atoms with Gasteiger partial charge in [-0.1, -0.05) is 47.1 Å². The molecule has 2 aromatic carbocycles. The van der Waals surface area contributed by atoms with Gasteiger partial charge < -0.3 is 14.6 Å². The molecule has 3 aromatic rings. The van der Waals surface area contributed by atoms with Gasteiger partial charge in [-0.15, -0.1) is 12.4 Å². The van der Waals surface area contributed by atoms with E-state index in [0.717, 1.165) is 25.2 Å². The van der Waals surface area contributed by atoms with Crippen LogP contribution in [0.5, 0.6) is 5.75 Å². The van der Waals surface area contributed by atoms with Gasteiger partial charge in [0.2, 0.25) is 6.10 Å². The molecule has 6 nitrogen and oxygen atoms in total. The molecule has 1 aromatic heterocycles. The lowest BCUT2D eigenvalue weighted by Gasteiger charge is -2.30. The molecule has 148 valence electrons. The Morgan fingerprint density at radius 2 is 1.93 bits per heavy atom. The molecule has 1 aliphatic heterocycles. The van der Waals surface area contributed by atoms with E-state index in [1.807, 2.05) is 42.5 Å². The number of likely N-dealkylation sites (N-methyl/N-ethyl adjacent to an activating group) is 1. The van der Waals surface area contributed by atoms with E-state index < -0.39 is 6.10 Å². The molecule has 0 radical (unpaired) electrons. The van der Waals surface area contributed by atoms with Crippen molar-refractivity contribution in [2.75, 3.05) is 26.7 Å². The lowest BCUT2D eigenvalue weighted by Crippen LogP contribution is -2.44. The number of hydrogen-bond donors (Lipinski definition) is 1. The van der Waals surface area contributed by atoms with Crippen LogP contribution in [0.3, 0.4) is 0 Å². The molecule has 2 atom stereocenters. The molecule has 0 amide bonds. The van der Waals surface area contributed by atoms with E-state index in [1.165, 1.54) is 0 Å². The number of benzene rings is 2. The Morgan fingerprint density at radius 3 is 2.64 bits per heavy atom. The molecule has 1 saturated heterocycles. The topological polar surface area (TPSA) is 63.4 Å². The molecule has 2 unspecified atom stereocenters. The highest BCUT2D eigenvalue weighted by molar-refractivity contribution is 6.30. The summed E-state index contributed by atoms with van der Waals surface area (Å²) in [4.78, 5) is 6.89. The zero-order chi connectivity index (χ0) is 18.6. The minimum atomic E-state index is -0.490. The number of halogens is 2. The van der Waals surface area contributed by atoms with Gasteiger partial charge in [-0.2, -0.15) is 4.98 Å². The Hall–Kier alpha value is -2.12. The largest absolute Gasteiger partial charge is 0.476 e. The molecular formula is C20H22Cl2N4O2. The predicted molar refractivity (Wildman–Crippen MR) is 110 cm³/mol. The minimum absolute atomic E-state index is 0.